The minimum atomic E-state index is 0.867. The summed E-state index contributed by atoms with van der Waals surface area (Å²) in [5, 5.41) is 4.73. The average Bonchev–Trinajstić information content (AvgIpc) is 2.76. The molecule has 1 saturated heterocycles. The van der Waals surface area contributed by atoms with Crippen LogP contribution in [0.3, 0.4) is 0 Å². The molecule has 4 heteroatoms. The summed E-state index contributed by atoms with van der Waals surface area (Å²) in [7, 11) is 0. The third-order valence-corrected chi connectivity index (χ3v) is 4.47. The molecule has 0 unspecified atom stereocenters. The second-order valence-corrected chi connectivity index (χ2v) is 6.17. The molecule has 17 heavy (non-hydrogen) atoms. The lowest BCUT2D eigenvalue weighted by atomic mass is 9.97. The number of thiazole rings is 1. The highest BCUT2D eigenvalue weighted by atomic mass is 32.1. The minimum absolute atomic E-state index is 0.867. The van der Waals surface area contributed by atoms with Crippen LogP contribution in [-0.4, -0.2) is 36.1 Å². The van der Waals surface area contributed by atoms with Crippen molar-refractivity contribution in [3.8, 4) is 0 Å². The lowest BCUT2D eigenvalue weighted by Gasteiger charge is -2.31. The van der Waals surface area contributed by atoms with Gasteiger partial charge in [0.05, 0.1) is 5.01 Å². The van der Waals surface area contributed by atoms with Gasteiger partial charge in [-0.2, -0.15) is 0 Å². The number of hydrogen-bond donors (Lipinski definition) is 1. The molecule has 0 spiro atoms. The molecular weight excluding hydrogens is 230 g/mol. The summed E-state index contributed by atoms with van der Waals surface area (Å²) in [5.74, 6) is 0.867. The molecule has 0 radical (unpaired) electrons. The minimum Gasteiger partial charge on any atom is -0.312 e. The van der Waals surface area contributed by atoms with Crippen LogP contribution in [-0.2, 0) is 6.54 Å². The van der Waals surface area contributed by atoms with Gasteiger partial charge in [-0.1, -0.05) is 6.92 Å². The molecule has 0 saturated carbocycles. The summed E-state index contributed by atoms with van der Waals surface area (Å²) in [6.07, 6.45) is 4.69. The molecule has 1 N–H and O–H groups in total. The van der Waals surface area contributed by atoms with Crippen LogP contribution < -0.4 is 5.32 Å². The van der Waals surface area contributed by atoms with Crippen molar-refractivity contribution >= 4 is 11.3 Å². The zero-order valence-corrected chi connectivity index (χ0v) is 11.7. The monoisotopic (exact) mass is 253 g/mol. The fourth-order valence-electron chi connectivity index (χ4n) is 2.39. The molecule has 1 aromatic rings. The van der Waals surface area contributed by atoms with Gasteiger partial charge in [0.2, 0.25) is 0 Å². The van der Waals surface area contributed by atoms with Crippen molar-refractivity contribution in [3.05, 3.63) is 16.1 Å². The molecular formula is C13H23N3S. The maximum absolute atomic E-state index is 4.27. The summed E-state index contributed by atoms with van der Waals surface area (Å²) in [5.41, 5.74) is 0. The number of nitrogens with one attached hydrogen (secondary N) is 1. The number of nitrogens with zero attached hydrogens (tertiary/aromatic N) is 2. The summed E-state index contributed by atoms with van der Waals surface area (Å²) < 4.78 is 0. The predicted molar refractivity (Wildman–Crippen MR) is 73.4 cm³/mol. The topological polar surface area (TPSA) is 28.2 Å². The number of piperidine rings is 1. The van der Waals surface area contributed by atoms with Gasteiger partial charge in [-0.25, -0.2) is 4.98 Å². The maximum Gasteiger partial charge on any atom is 0.0897 e. The Morgan fingerprint density at radius 2 is 2.24 bits per heavy atom. The second kappa shape index (κ2) is 6.47. The van der Waals surface area contributed by atoms with Crippen LogP contribution in [0.5, 0.6) is 0 Å². The molecule has 1 fully saturated rings. The van der Waals surface area contributed by atoms with Crippen LogP contribution in [0.25, 0.3) is 0 Å². The lowest BCUT2D eigenvalue weighted by Crippen LogP contribution is -2.36. The SMILES string of the molecule is CCN1CCC(CNCc2cnc(C)s2)CC1. The summed E-state index contributed by atoms with van der Waals surface area (Å²) in [6, 6.07) is 0. The second-order valence-electron chi connectivity index (χ2n) is 4.85. The number of aromatic nitrogens is 1. The van der Waals surface area contributed by atoms with Crippen molar-refractivity contribution in [2.24, 2.45) is 5.92 Å². The smallest absolute Gasteiger partial charge is 0.0897 e. The van der Waals surface area contributed by atoms with Crippen LogP contribution in [0, 0.1) is 12.8 Å². The Hall–Kier alpha value is -0.450. The molecule has 96 valence electrons. The fraction of sp³-hybridized carbons (Fsp3) is 0.769. The van der Waals surface area contributed by atoms with Crippen LogP contribution in [0.4, 0.5) is 0 Å². The first-order valence-corrected chi connectivity index (χ1v) is 7.44. The summed E-state index contributed by atoms with van der Waals surface area (Å²) in [4.78, 5) is 8.17. The molecule has 0 atom stereocenters. The van der Waals surface area contributed by atoms with Crippen LogP contribution >= 0.6 is 11.3 Å². The largest absolute Gasteiger partial charge is 0.312 e. The Morgan fingerprint density at radius 3 is 2.82 bits per heavy atom. The van der Waals surface area contributed by atoms with Crippen molar-refractivity contribution in [2.75, 3.05) is 26.2 Å². The van der Waals surface area contributed by atoms with Gasteiger partial charge in [-0.05, 0) is 51.9 Å². The Kier molecular flexibility index (Phi) is 4.95. The highest BCUT2D eigenvalue weighted by Crippen LogP contribution is 2.16. The van der Waals surface area contributed by atoms with Crippen LogP contribution in [0.1, 0.15) is 29.7 Å². The van der Waals surface area contributed by atoms with Gasteiger partial charge in [0.15, 0.2) is 0 Å². The van der Waals surface area contributed by atoms with Crippen LogP contribution in [0.15, 0.2) is 6.20 Å². The molecule has 0 amide bonds. The Balaban J connectivity index is 1.63. The van der Waals surface area contributed by atoms with Gasteiger partial charge in [0.1, 0.15) is 0 Å². The first-order valence-electron chi connectivity index (χ1n) is 6.62. The molecule has 1 aromatic heterocycles. The van der Waals surface area contributed by atoms with E-state index in [1.807, 2.05) is 6.20 Å². The Morgan fingerprint density at radius 1 is 1.47 bits per heavy atom. The van der Waals surface area contributed by atoms with E-state index in [-0.39, 0.29) is 0 Å². The average molecular weight is 253 g/mol. The highest BCUT2D eigenvalue weighted by molar-refractivity contribution is 7.11. The maximum atomic E-state index is 4.27. The molecule has 1 aliphatic rings. The molecule has 0 aromatic carbocycles. The van der Waals surface area contributed by atoms with E-state index < -0.39 is 0 Å². The lowest BCUT2D eigenvalue weighted by molar-refractivity contribution is 0.190. The van der Waals surface area contributed by atoms with Crippen molar-refractivity contribution in [2.45, 2.75) is 33.2 Å². The normalized spacial score (nSPS) is 18.7. The first-order chi connectivity index (χ1) is 8.28. The zero-order valence-electron chi connectivity index (χ0n) is 10.9. The van der Waals surface area contributed by atoms with Crippen LogP contribution in [0.2, 0.25) is 0 Å². The van der Waals surface area contributed by atoms with E-state index in [0.29, 0.717) is 0 Å². The van der Waals surface area contributed by atoms with Crippen molar-refractivity contribution in [3.63, 3.8) is 0 Å². The van der Waals surface area contributed by atoms with E-state index in [9.17, 15) is 0 Å². The standard InChI is InChI=1S/C13H23N3S/c1-3-16-6-4-12(5-7-16)8-14-9-13-10-15-11(2)17-13/h10,12,14H,3-9H2,1-2H3. The van der Waals surface area contributed by atoms with Gasteiger partial charge in [-0.15, -0.1) is 11.3 Å². The molecule has 0 aliphatic carbocycles. The molecule has 1 aliphatic heterocycles. The highest BCUT2D eigenvalue weighted by Gasteiger charge is 2.17. The van der Waals surface area contributed by atoms with E-state index >= 15 is 0 Å². The van der Waals surface area contributed by atoms with E-state index in [0.717, 1.165) is 24.0 Å². The molecule has 2 heterocycles. The number of hydrogen-bond acceptors (Lipinski definition) is 4. The number of aryl methyl sites for hydroxylation is 1. The van der Waals surface area contributed by atoms with E-state index in [2.05, 4.69) is 29.0 Å². The summed E-state index contributed by atoms with van der Waals surface area (Å²) in [6.45, 7) is 10.2. The van der Waals surface area contributed by atoms with Gasteiger partial charge >= 0.3 is 0 Å². The third kappa shape index (κ3) is 4.05. The van der Waals surface area contributed by atoms with Crippen molar-refractivity contribution in [1.29, 1.82) is 0 Å². The molecule has 3 nitrogen and oxygen atoms in total. The van der Waals surface area contributed by atoms with E-state index in [1.54, 1.807) is 11.3 Å². The Labute approximate surface area is 108 Å². The fourth-order valence-corrected chi connectivity index (χ4v) is 3.16. The van der Waals surface area contributed by atoms with Crippen molar-refractivity contribution in [1.82, 2.24) is 15.2 Å². The molecule has 0 bridgehead atoms. The van der Waals surface area contributed by atoms with Gasteiger partial charge < -0.3 is 10.2 Å². The number of likely N-dealkylation sites (tertiary alicyclic amines) is 1. The predicted octanol–water partition coefficient (Wildman–Crippen LogP) is 2.27. The zero-order chi connectivity index (χ0) is 12.1. The van der Waals surface area contributed by atoms with Crippen molar-refractivity contribution < 1.29 is 0 Å². The quantitative estimate of drug-likeness (QED) is 0.872. The van der Waals surface area contributed by atoms with Gasteiger partial charge in [0, 0.05) is 17.6 Å². The summed E-state index contributed by atoms with van der Waals surface area (Å²) >= 11 is 1.80. The number of rotatable bonds is 5. The van der Waals surface area contributed by atoms with Gasteiger partial charge in [0.25, 0.3) is 0 Å². The van der Waals surface area contributed by atoms with Gasteiger partial charge in [-0.3, -0.25) is 0 Å². The third-order valence-electron chi connectivity index (χ3n) is 3.56. The first kappa shape index (κ1) is 13.0. The van der Waals surface area contributed by atoms with E-state index in [4.69, 9.17) is 0 Å². The Bertz CT molecular complexity index is 329. The van der Waals surface area contributed by atoms with E-state index in [1.165, 1.54) is 37.4 Å². The molecule has 2 rings (SSSR count).